The van der Waals surface area contributed by atoms with Crippen molar-refractivity contribution in [2.75, 3.05) is 31.5 Å². The molecule has 1 saturated heterocycles. The van der Waals surface area contributed by atoms with Crippen LogP contribution in [0.5, 0.6) is 5.75 Å². The van der Waals surface area contributed by atoms with E-state index < -0.39 is 24.5 Å². The number of nitrogens with zero attached hydrogens (tertiary/aromatic N) is 7. The Morgan fingerprint density at radius 1 is 1.04 bits per heavy atom. The first-order valence-corrected chi connectivity index (χ1v) is 15.0. The second kappa shape index (κ2) is 12.8. The highest BCUT2D eigenvalue weighted by Crippen LogP contribution is 2.39. The zero-order chi connectivity index (χ0) is 33.3. The third-order valence-corrected chi connectivity index (χ3v) is 7.56. The van der Waals surface area contributed by atoms with Crippen molar-refractivity contribution in [2.45, 2.75) is 45.8 Å². The Bertz CT molecular complexity index is 1910. The van der Waals surface area contributed by atoms with Crippen molar-refractivity contribution in [3.05, 3.63) is 72.8 Å². The number of anilines is 1. The first kappa shape index (κ1) is 31.7. The summed E-state index contributed by atoms with van der Waals surface area (Å²) < 4.78 is 40.5. The van der Waals surface area contributed by atoms with Crippen LogP contribution in [0.1, 0.15) is 32.6 Å². The number of carbonyl (C=O) groups is 2. The second-order valence-electron chi connectivity index (χ2n) is 12.0. The van der Waals surface area contributed by atoms with Crippen LogP contribution in [0.3, 0.4) is 0 Å². The summed E-state index contributed by atoms with van der Waals surface area (Å²) in [6.07, 6.45) is 4.48. The molecule has 0 spiro atoms. The molecule has 3 aromatic heterocycles. The number of hydrogen-bond acceptors (Lipinski definition) is 9. The van der Waals surface area contributed by atoms with Crippen molar-refractivity contribution in [1.29, 1.82) is 0 Å². The average molecular weight is 649 g/mol. The summed E-state index contributed by atoms with van der Waals surface area (Å²) in [7, 11) is 0. The van der Waals surface area contributed by atoms with Gasteiger partial charge in [-0.2, -0.15) is 19.0 Å². The van der Waals surface area contributed by atoms with Gasteiger partial charge in [0, 0.05) is 50.3 Å². The highest BCUT2D eigenvalue weighted by atomic mass is 19.3. The van der Waals surface area contributed by atoms with E-state index in [4.69, 9.17) is 9.47 Å². The van der Waals surface area contributed by atoms with Gasteiger partial charge in [-0.15, -0.1) is 0 Å². The molecule has 6 rings (SSSR count). The highest BCUT2D eigenvalue weighted by Gasteiger charge is 2.29. The number of benzene rings is 2. The van der Waals surface area contributed by atoms with Crippen molar-refractivity contribution in [3.63, 3.8) is 0 Å². The lowest BCUT2D eigenvalue weighted by atomic mass is 10.0. The van der Waals surface area contributed by atoms with Crippen molar-refractivity contribution in [1.82, 2.24) is 34.2 Å². The molecule has 2 aromatic carbocycles. The standard InChI is InChI=1S/C32H34F2N8O5/c1-32(2,3)47-31(45)40-13-11-39(12-14-40)26(43)19-41-18-24(37-29(44)23-17-36-42-10-6-9-35-28(23)42)27(38-41)22-15-20-7-4-5-8-21(20)16-25(22)46-30(33)34/h4-10,15-18,29-30,37,44H,11-14,19H2,1-3H3. The zero-order valence-corrected chi connectivity index (χ0v) is 26.0. The Labute approximate surface area is 268 Å². The van der Waals surface area contributed by atoms with Gasteiger partial charge in [-0.3, -0.25) is 9.48 Å². The third kappa shape index (κ3) is 7.09. The van der Waals surface area contributed by atoms with Crippen LogP contribution in [0.2, 0.25) is 0 Å². The van der Waals surface area contributed by atoms with E-state index in [1.165, 1.54) is 27.7 Å². The minimum atomic E-state index is -3.11. The molecule has 15 heteroatoms. The van der Waals surface area contributed by atoms with Crippen LogP contribution in [-0.4, -0.2) is 89.7 Å². The van der Waals surface area contributed by atoms with Crippen LogP contribution < -0.4 is 10.1 Å². The quantitative estimate of drug-likeness (QED) is 0.232. The van der Waals surface area contributed by atoms with Crippen LogP contribution in [-0.2, 0) is 16.1 Å². The molecule has 47 heavy (non-hydrogen) atoms. The third-order valence-electron chi connectivity index (χ3n) is 7.56. The number of halogens is 2. The Morgan fingerprint density at radius 3 is 2.45 bits per heavy atom. The summed E-state index contributed by atoms with van der Waals surface area (Å²) in [6, 6.07) is 12.1. The summed E-state index contributed by atoms with van der Waals surface area (Å²) in [5, 5.41) is 24.5. The van der Waals surface area contributed by atoms with Gasteiger partial charge < -0.3 is 29.7 Å². The molecule has 0 aliphatic carbocycles. The number of alkyl halides is 2. The number of ether oxygens (including phenoxy) is 2. The van der Waals surface area contributed by atoms with Gasteiger partial charge in [-0.25, -0.2) is 14.3 Å². The van der Waals surface area contributed by atoms with Crippen LogP contribution in [0, 0.1) is 0 Å². The number of amides is 2. The average Bonchev–Trinajstić information content (AvgIpc) is 3.63. The van der Waals surface area contributed by atoms with E-state index in [2.05, 4.69) is 20.5 Å². The van der Waals surface area contributed by atoms with Crippen molar-refractivity contribution >= 4 is 34.1 Å². The maximum Gasteiger partial charge on any atom is 0.410 e. The van der Waals surface area contributed by atoms with Gasteiger partial charge in [-0.05, 0) is 49.7 Å². The normalized spacial score (nSPS) is 14.5. The molecule has 1 aliphatic heterocycles. The monoisotopic (exact) mass is 648 g/mol. The van der Waals surface area contributed by atoms with Gasteiger partial charge in [-0.1, -0.05) is 24.3 Å². The minimum Gasteiger partial charge on any atom is -0.444 e. The number of hydrogen-bond donors (Lipinski definition) is 2. The predicted molar refractivity (Wildman–Crippen MR) is 168 cm³/mol. The molecular formula is C32H34F2N8O5. The largest absolute Gasteiger partial charge is 0.444 e. The molecule has 1 aliphatic rings. The maximum absolute atomic E-state index is 13.6. The van der Waals surface area contributed by atoms with E-state index in [1.807, 2.05) is 12.1 Å². The van der Waals surface area contributed by atoms with Gasteiger partial charge in [0.05, 0.1) is 17.4 Å². The van der Waals surface area contributed by atoms with Crippen molar-refractivity contribution < 1.29 is 33.0 Å². The number of nitrogens with one attached hydrogen (secondary N) is 1. The van der Waals surface area contributed by atoms with Crippen LogP contribution in [0.15, 0.2) is 67.3 Å². The van der Waals surface area contributed by atoms with E-state index in [1.54, 1.807) is 67.2 Å². The van der Waals surface area contributed by atoms with E-state index in [0.29, 0.717) is 42.8 Å². The number of piperazine rings is 1. The number of aliphatic hydroxyl groups excluding tert-OH is 1. The Morgan fingerprint density at radius 2 is 1.74 bits per heavy atom. The zero-order valence-electron chi connectivity index (χ0n) is 26.0. The fourth-order valence-electron chi connectivity index (χ4n) is 5.37. The smallest absolute Gasteiger partial charge is 0.410 e. The maximum atomic E-state index is 13.6. The second-order valence-corrected chi connectivity index (χ2v) is 12.0. The SMILES string of the molecule is CC(C)(C)OC(=O)N1CCN(C(=O)Cn2cc(NC(O)c3cnn4cccnc34)c(-c3cc4ccccc4cc3OC(F)F)n2)CC1. The van der Waals surface area contributed by atoms with Crippen LogP contribution in [0.25, 0.3) is 27.7 Å². The number of rotatable bonds is 8. The molecule has 1 atom stereocenters. The van der Waals surface area contributed by atoms with Gasteiger partial charge in [0.15, 0.2) is 11.9 Å². The summed E-state index contributed by atoms with van der Waals surface area (Å²) in [4.78, 5) is 33.3. The minimum absolute atomic E-state index is 0.122. The predicted octanol–water partition coefficient (Wildman–Crippen LogP) is 4.53. The lowest BCUT2D eigenvalue weighted by Crippen LogP contribution is -2.52. The molecule has 0 radical (unpaired) electrons. The number of aromatic nitrogens is 5. The summed E-state index contributed by atoms with van der Waals surface area (Å²) in [5.74, 6) is -0.381. The lowest BCUT2D eigenvalue weighted by Gasteiger charge is -2.35. The van der Waals surface area contributed by atoms with Crippen molar-refractivity contribution in [3.8, 4) is 17.0 Å². The van der Waals surface area contributed by atoms with Gasteiger partial charge >= 0.3 is 12.7 Å². The van der Waals surface area contributed by atoms with E-state index >= 15 is 0 Å². The molecule has 1 unspecified atom stereocenters. The molecule has 1 fully saturated rings. The Balaban J connectivity index is 1.30. The summed E-state index contributed by atoms with van der Waals surface area (Å²) in [6.45, 7) is 3.30. The lowest BCUT2D eigenvalue weighted by molar-refractivity contribution is -0.133. The van der Waals surface area contributed by atoms with Crippen LogP contribution in [0.4, 0.5) is 19.3 Å². The molecule has 2 N–H and O–H groups in total. The summed E-state index contributed by atoms with van der Waals surface area (Å²) in [5.41, 5.74) is 0.810. The number of aliphatic hydroxyl groups is 1. The molecule has 4 heterocycles. The molecule has 5 aromatic rings. The van der Waals surface area contributed by atoms with E-state index in [0.717, 1.165) is 5.39 Å². The molecule has 0 saturated carbocycles. The van der Waals surface area contributed by atoms with Gasteiger partial charge in [0.2, 0.25) is 5.91 Å². The van der Waals surface area contributed by atoms with E-state index in [-0.39, 0.29) is 35.1 Å². The fourth-order valence-corrected chi connectivity index (χ4v) is 5.37. The Kier molecular flexibility index (Phi) is 8.64. The molecule has 0 bridgehead atoms. The van der Waals surface area contributed by atoms with Crippen LogP contribution >= 0.6 is 0 Å². The molecule has 246 valence electrons. The van der Waals surface area contributed by atoms with Gasteiger partial charge in [0.1, 0.15) is 23.6 Å². The topological polar surface area (TPSA) is 139 Å². The first-order valence-electron chi connectivity index (χ1n) is 15.0. The van der Waals surface area contributed by atoms with Crippen molar-refractivity contribution in [2.24, 2.45) is 0 Å². The summed E-state index contributed by atoms with van der Waals surface area (Å²) >= 11 is 0. The first-order chi connectivity index (χ1) is 22.4. The van der Waals surface area contributed by atoms with Gasteiger partial charge in [0.25, 0.3) is 0 Å². The molecular weight excluding hydrogens is 614 g/mol. The fraction of sp³-hybridized carbons (Fsp3) is 0.344. The van der Waals surface area contributed by atoms with E-state index in [9.17, 15) is 23.5 Å². The Hall–Kier alpha value is -5.31. The number of fused-ring (bicyclic) bond motifs is 2. The molecule has 13 nitrogen and oxygen atoms in total. The molecule has 2 amide bonds. The number of carbonyl (C=O) groups excluding carboxylic acids is 2. The highest BCUT2D eigenvalue weighted by molar-refractivity contribution is 5.92.